The average Bonchev–Trinajstić information content (AvgIpc) is 4.08. The van der Waals surface area contributed by atoms with E-state index >= 15 is 0 Å². The zero-order valence-electron chi connectivity index (χ0n) is 37.4. The summed E-state index contributed by atoms with van der Waals surface area (Å²) in [7, 11) is 0. The van der Waals surface area contributed by atoms with Gasteiger partial charge in [0.05, 0.1) is 33.5 Å². The van der Waals surface area contributed by atoms with Crippen LogP contribution in [0.4, 0.5) is 11.4 Å². The Morgan fingerprint density at radius 3 is 1.75 bits per heavy atom. The minimum atomic E-state index is 0.216. The van der Waals surface area contributed by atoms with Gasteiger partial charge in [-0.2, -0.15) is 0 Å². The van der Waals surface area contributed by atoms with Gasteiger partial charge >= 0.3 is 0 Å². The maximum atomic E-state index is 7.02. The summed E-state index contributed by atoms with van der Waals surface area (Å²) >= 11 is 0. The quantitative estimate of drug-likeness (QED) is 0.159. The molecule has 4 heteroatoms. The van der Waals surface area contributed by atoms with E-state index in [4.69, 9.17) is 4.42 Å². The van der Waals surface area contributed by atoms with Crippen molar-refractivity contribution in [3.05, 3.63) is 242 Å². The van der Waals surface area contributed by atoms with Crippen LogP contribution in [0.2, 0.25) is 0 Å². The first-order chi connectivity index (χ1) is 33.8. The topological polar surface area (TPSA) is 26.2 Å². The van der Waals surface area contributed by atoms with Crippen LogP contribution in [0.15, 0.2) is 241 Å². The standard InChI is InChI=1S/C64H45N3O/c1-2-20-47-43(17-1)37-40-55-54-27-16-26-53(64(54)68-63(47)55)52-25-7-10-30-58(52)65(61-33-13-14-34-62(61)67-59-31-11-5-23-50(59)51-24-6-12-32-60(51)67)45-38-35-42(36-39-45)44-18-15-19-46(41-44)66-56-28-8-3-21-48(56)49-22-4-9-29-57(49)66/h1-13,15-33,35-40,44H,14,34,41H2. The van der Waals surface area contributed by atoms with Crippen molar-refractivity contribution in [2.45, 2.75) is 25.2 Å². The molecule has 1 unspecified atom stereocenters. The second-order valence-corrected chi connectivity index (χ2v) is 18.3. The number of hydrogen-bond acceptors (Lipinski definition) is 2. The normalized spacial score (nSPS) is 15.2. The summed E-state index contributed by atoms with van der Waals surface area (Å²) in [6.45, 7) is 0. The Balaban J connectivity index is 0.943. The lowest BCUT2D eigenvalue weighted by Crippen LogP contribution is -2.21. The number of benzene rings is 9. The van der Waals surface area contributed by atoms with Crippen molar-refractivity contribution in [3.8, 4) is 11.1 Å². The highest BCUT2D eigenvalue weighted by molar-refractivity contribution is 6.18. The number of rotatable bonds is 7. The molecule has 0 N–H and O–H groups in total. The van der Waals surface area contributed by atoms with Gasteiger partial charge in [-0.05, 0) is 90.9 Å². The third kappa shape index (κ3) is 5.93. The van der Waals surface area contributed by atoms with Crippen molar-refractivity contribution >= 4 is 99.1 Å². The lowest BCUT2D eigenvalue weighted by Gasteiger charge is -2.33. The molecular weight excluding hydrogens is 827 g/mol. The molecule has 12 aromatic rings. The molecule has 0 amide bonds. The Kier molecular flexibility index (Phi) is 8.81. The summed E-state index contributed by atoms with van der Waals surface area (Å²) in [5.41, 5.74) is 16.1. The fourth-order valence-electron chi connectivity index (χ4n) is 11.5. The van der Waals surface area contributed by atoms with Crippen molar-refractivity contribution < 1.29 is 4.42 Å². The maximum Gasteiger partial charge on any atom is 0.143 e. The molecule has 0 aliphatic heterocycles. The van der Waals surface area contributed by atoms with Gasteiger partial charge in [0.25, 0.3) is 0 Å². The van der Waals surface area contributed by atoms with Crippen molar-refractivity contribution in [1.29, 1.82) is 0 Å². The van der Waals surface area contributed by atoms with Gasteiger partial charge in [-0.15, -0.1) is 0 Å². The third-order valence-electron chi connectivity index (χ3n) is 14.5. The van der Waals surface area contributed by atoms with E-state index in [2.05, 4.69) is 245 Å². The molecule has 0 saturated heterocycles. The van der Waals surface area contributed by atoms with E-state index in [1.165, 1.54) is 66.0 Å². The average molecular weight is 872 g/mol. The zero-order chi connectivity index (χ0) is 44.7. The SMILES string of the molecule is C1=CC(c2ccc(N(C3=C(n4c5ccccc5c5ccccc54)CCC=C3)c3ccccc3-c3cccc4c3oc3c5ccccc5ccc43)cc2)CC(n2c3ccccc3c3ccccc32)=C1. The molecule has 3 aromatic heterocycles. The highest BCUT2D eigenvalue weighted by Gasteiger charge is 2.27. The second-order valence-electron chi connectivity index (χ2n) is 18.3. The molecule has 2 aliphatic rings. The molecule has 2 aliphatic carbocycles. The molecule has 14 rings (SSSR count). The van der Waals surface area contributed by atoms with Crippen LogP contribution in [0.5, 0.6) is 0 Å². The van der Waals surface area contributed by atoms with Gasteiger partial charge in [-0.3, -0.25) is 0 Å². The van der Waals surface area contributed by atoms with Gasteiger partial charge in [0.2, 0.25) is 0 Å². The smallest absolute Gasteiger partial charge is 0.143 e. The monoisotopic (exact) mass is 871 g/mol. The molecule has 0 bridgehead atoms. The zero-order valence-corrected chi connectivity index (χ0v) is 37.4. The number of aromatic nitrogens is 2. The molecule has 0 fully saturated rings. The van der Waals surface area contributed by atoms with Gasteiger partial charge in [0.1, 0.15) is 11.2 Å². The highest BCUT2D eigenvalue weighted by Crippen LogP contribution is 2.47. The van der Waals surface area contributed by atoms with Gasteiger partial charge in [-0.25, -0.2) is 0 Å². The summed E-state index contributed by atoms with van der Waals surface area (Å²) in [4.78, 5) is 2.50. The molecule has 322 valence electrons. The van der Waals surface area contributed by atoms with Crippen LogP contribution in [0.3, 0.4) is 0 Å². The van der Waals surface area contributed by atoms with E-state index in [9.17, 15) is 0 Å². The molecule has 9 aromatic carbocycles. The largest absolute Gasteiger partial charge is 0.455 e. The Morgan fingerprint density at radius 1 is 0.471 bits per heavy atom. The first kappa shape index (κ1) is 38.6. The molecular formula is C64H45N3O. The molecule has 68 heavy (non-hydrogen) atoms. The summed E-state index contributed by atoms with van der Waals surface area (Å²) in [6.07, 6.45) is 14.4. The first-order valence-electron chi connectivity index (χ1n) is 23.8. The van der Waals surface area contributed by atoms with E-state index in [0.29, 0.717) is 0 Å². The number of hydrogen-bond donors (Lipinski definition) is 0. The fourth-order valence-corrected chi connectivity index (χ4v) is 11.5. The van der Waals surface area contributed by atoms with Crippen LogP contribution in [0.1, 0.15) is 30.7 Å². The molecule has 4 nitrogen and oxygen atoms in total. The van der Waals surface area contributed by atoms with E-state index in [1.54, 1.807) is 0 Å². The number of allylic oxidation sites excluding steroid dienone is 7. The van der Waals surface area contributed by atoms with E-state index in [-0.39, 0.29) is 5.92 Å². The number of furan rings is 1. The predicted octanol–water partition coefficient (Wildman–Crippen LogP) is 17.6. The van der Waals surface area contributed by atoms with Gasteiger partial charge in [0, 0.05) is 71.8 Å². The Labute approximate surface area is 393 Å². The van der Waals surface area contributed by atoms with Crippen molar-refractivity contribution in [1.82, 2.24) is 9.13 Å². The van der Waals surface area contributed by atoms with Crippen LogP contribution in [0.25, 0.3) is 98.8 Å². The number of anilines is 2. The van der Waals surface area contributed by atoms with Crippen molar-refractivity contribution in [2.24, 2.45) is 0 Å². The van der Waals surface area contributed by atoms with Crippen LogP contribution < -0.4 is 4.90 Å². The molecule has 0 radical (unpaired) electrons. The number of nitrogens with zero attached hydrogens (tertiary/aromatic N) is 3. The number of para-hydroxylation sites is 6. The highest BCUT2D eigenvalue weighted by atomic mass is 16.3. The van der Waals surface area contributed by atoms with Crippen LogP contribution >= 0.6 is 0 Å². The van der Waals surface area contributed by atoms with Crippen LogP contribution in [-0.2, 0) is 0 Å². The minimum Gasteiger partial charge on any atom is -0.455 e. The maximum absolute atomic E-state index is 7.02. The first-order valence-corrected chi connectivity index (χ1v) is 23.8. The van der Waals surface area contributed by atoms with E-state index in [1.807, 2.05) is 0 Å². The van der Waals surface area contributed by atoms with E-state index < -0.39 is 0 Å². The molecule has 1 atom stereocenters. The lowest BCUT2D eigenvalue weighted by molar-refractivity contribution is 0.674. The Bertz CT molecular complexity index is 4020. The van der Waals surface area contributed by atoms with Crippen LogP contribution in [0, 0.1) is 0 Å². The minimum absolute atomic E-state index is 0.216. The van der Waals surface area contributed by atoms with Gasteiger partial charge in [-0.1, -0.05) is 170 Å². The lowest BCUT2D eigenvalue weighted by atomic mass is 9.90. The summed E-state index contributed by atoms with van der Waals surface area (Å²) in [6, 6.07) is 73.1. The third-order valence-corrected chi connectivity index (χ3v) is 14.5. The van der Waals surface area contributed by atoms with Crippen molar-refractivity contribution in [3.63, 3.8) is 0 Å². The summed E-state index contributed by atoms with van der Waals surface area (Å²) in [5, 5.41) is 9.65. The van der Waals surface area contributed by atoms with Gasteiger partial charge < -0.3 is 18.5 Å². The predicted molar refractivity (Wildman–Crippen MR) is 286 cm³/mol. The number of fused-ring (bicyclic) bond motifs is 11. The van der Waals surface area contributed by atoms with Crippen LogP contribution in [-0.4, -0.2) is 9.13 Å². The molecule has 0 spiro atoms. The summed E-state index contributed by atoms with van der Waals surface area (Å²) < 4.78 is 12.0. The van der Waals surface area contributed by atoms with Gasteiger partial charge in [0.15, 0.2) is 0 Å². The van der Waals surface area contributed by atoms with E-state index in [0.717, 1.165) is 74.8 Å². The van der Waals surface area contributed by atoms with Crippen molar-refractivity contribution in [2.75, 3.05) is 4.90 Å². The molecule has 0 saturated carbocycles. The Morgan fingerprint density at radius 2 is 1.04 bits per heavy atom. The summed E-state index contributed by atoms with van der Waals surface area (Å²) in [5.74, 6) is 0.216. The molecule has 3 heterocycles. The Hall–Kier alpha value is -8.60. The fraction of sp³-hybridized carbons (Fsp3) is 0.0625. The second kappa shape index (κ2) is 15.5.